The fourth-order valence-electron chi connectivity index (χ4n) is 3.72. The number of carbonyl (C=O) groups is 4. The molecule has 1 heterocycles. The highest BCUT2D eigenvalue weighted by atomic mass is 16.5. The van der Waals surface area contributed by atoms with Gasteiger partial charge in [-0.1, -0.05) is 31.9 Å². The number of esters is 1. The molecule has 1 aromatic carbocycles. The van der Waals surface area contributed by atoms with Gasteiger partial charge in [0.15, 0.2) is 13.2 Å². The molecule has 0 aromatic heterocycles. The second-order valence-corrected chi connectivity index (χ2v) is 7.60. The molecule has 2 aliphatic rings. The van der Waals surface area contributed by atoms with Crippen LogP contribution in [0.25, 0.3) is 0 Å². The minimum atomic E-state index is -0.697. The summed E-state index contributed by atoms with van der Waals surface area (Å²) in [5.41, 5.74) is 0.591. The Balaban J connectivity index is 1.39. The zero-order valence-corrected chi connectivity index (χ0v) is 17.0. The Hall–Kier alpha value is -3.10. The smallest absolute Gasteiger partial charge is 0.321 e. The highest BCUT2D eigenvalue weighted by Crippen LogP contribution is 2.31. The van der Waals surface area contributed by atoms with Crippen LogP contribution in [0.15, 0.2) is 24.3 Å². The first kappa shape index (κ1) is 21.6. The number of urea groups is 1. The molecule has 1 aliphatic heterocycles. The van der Waals surface area contributed by atoms with Crippen molar-refractivity contribution < 1.29 is 28.7 Å². The Labute approximate surface area is 175 Å². The lowest BCUT2D eigenvalue weighted by Crippen LogP contribution is -2.48. The summed E-state index contributed by atoms with van der Waals surface area (Å²) in [6, 6.07) is 6.52. The van der Waals surface area contributed by atoms with Gasteiger partial charge in [-0.25, -0.2) is 4.79 Å². The summed E-state index contributed by atoms with van der Waals surface area (Å²) in [5.74, 6) is -0.651. The Bertz CT molecular complexity index is 812. The number of ether oxygens (including phenoxy) is 2. The minimum absolute atomic E-state index is 0.0445. The summed E-state index contributed by atoms with van der Waals surface area (Å²) < 4.78 is 10.3. The molecule has 3 rings (SSSR count). The largest absolute Gasteiger partial charge is 0.482 e. The molecule has 2 N–H and O–H groups in total. The van der Waals surface area contributed by atoms with Crippen LogP contribution >= 0.6 is 0 Å². The summed E-state index contributed by atoms with van der Waals surface area (Å²) in [7, 11) is 0. The fraction of sp³-hybridized carbons (Fsp3) is 0.524. The van der Waals surface area contributed by atoms with E-state index in [0.29, 0.717) is 17.4 Å². The van der Waals surface area contributed by atoms with Crippen molar-refractivity contribution in [3.63, 3.8) is 0 Å². The van der Waals surface area contributed by atoms with E-state index in [-0.39, 0.29) is 31.5 Å². The molecule has 1 fully saturated rings. The van der Waals surface area contributed by atoms with Gasteiger partial charge < -0.3 is 19.7 Å². The van der Waals surface area contributed by atoms with Crippen LogP contribution in [-0.2, 0) is 19.1 Å². The van der Waals surface area contributed by atoms with E-state index in [1.165, 1.54) is 4.90 Å². The van der Waals surface area contributed by atoms with E-state index in [1.807, 2.05) is 0 Å². The number of amides is 4. The quantitative estimate of drug-likeness (QED) is 0.682. The lowest BCUT2D eigenvalue weighted by Gasteiger charge is -2.29. The molecule has 9 nitrogen and oxygen atoms in total. The molecule has 2 atom stereocenters. The number of nitrogens with one attached hydrogen (secondary N) is 2. The first-order valence-corrected chi connectivity index (χ1v) is 10.2. The number of nitrogens with zero attached hydrogens (tertiary/aromatic N) is 1. The second kappa shape index (κ2) is 10.1. The molecule has 1 aromatic rings. The van der Waals surface area contributed by atoms with Gasteiger partial charge >= 0.3 is 12.0 Å². The summed E-state index contributed by atoms with van der Waals surface area (Å²) in [6.45, 7) is 1.54. The van der Waals surface area contributed by atoms with E-state index < -0.39 is 24.5 Å². The predicted molar refractivity (Wildman–Crippen MR) is 108 cm³/mol. The van der Waals surface area contributed by atoms with Crippen molar-refractivity contribution in [2.24, 2.45) is 5.92 Å². The number of hydrogen-bond donors (Lipinski definition) is 2. The van der Waals surface area contributed by atoms with Crippen molar-refractivity contribution >= 4 is 29.5 Å². The van der Waals surface area contributed by atoms with Crippen LogP contribution in [0.3, 0.4) is 0 Å². The topological polar surface area (TPSA) is 114 Å². The van der Waals surface area contributed by atoms with Gasteiger partial charge in [-0.3, -0.25) is 19.7 Å². The Morgan fingerprint density at radius 1 is 1.20 bits per heavy atom. The van der Waals surface area contributed by atoms with Crippen LogP contribution in [0.4, 0.5) is 10.5 Å². The number of benzene rings is 1. The van der Waals surface area contributed by atoms with E-state index in [1.54, 1.807) is 24.3 Å². The van der Waals surface area contributed by atoms with Crippen molar-refractivity contribution in [2.75, 3.05) is 24.7 Å². The molecule has 0 radical (unpaired) electrons. The number of para-hydroxylation sites is 2. The Kier molecular flexibility index (Phi) is 7.26. The molecule has 0 bridgehead atoms. The highest BCUT2D eigenvalue weighted by molar-refractivity contribution is 5.98. The summed E-state index contributed by atoms with van der Waals surface area (Å²) >= 11 is 0. The number of imide groups is 1. The van der Waals surface area contributed by atoms with Crippen molar-refractivity contribution in [3.05, 3.63) is 24.3 Å². The van der Waals surface area contributed by atoms with E-state index in [0.717, 1.165) is 25.7 Å². The van der Waals surface area contributed by atoms with Crippen LogP contribution in [0.2, 0.25) is 0 Å². The molecular weight excluding hydrogens is 390 g/mol. The van der Waals surface area contributed by atoms with Gasteiger partial charge in [-0.05, 0) is 30.9 Å². The number of carbonyl (C=O) groups excluding carboxylic acids is 4. The average Bonchev–Trinajstić information content (AvgIpc) is 2.73. The van der Waals surface area contributed by atoms with Crippen LogP contribution in [-0.4, -0.2) is 49.6 Å². The second-order valence-electron chi connectivity index (χ2n) is 7.60. The van der Waals surface area contributed by atoms with Gasteiger partial charge in [0.2, 0.25) is 0 Å². The Morgan fingerprint density at radius 2 is 1.97 bits per heavy atom. The van der Waals surface area contributed by atoms with Crippen LogP contribution in [0.5, 0.6) is 5.75 Å². The van der Waals surface area contributed by atoms with Crippen molar-refractivity contribution in [1.29, 1.82) is 0 Å². The number of rotatable bonds is 6. The molecule has 9 heteroatoms. The third-order valence-corrected chi connectivity index (χ3v) is 5.39. The van der Waals surface area contributed by atoms with Gasteiger partial charge in [0, 0.05) is 12.6 Å². The van der Waals surface area contributed by atoms with Crippen molar-refractivity contribution in [1.82, 2.24) is 10.6 Å². The third kappa shape index (κ3) is 5.71. The lowest BCUT2D eigenvalue weighted by atomic mass is 9.86. The van der Waals surface area contributed by atoms with Crippen LogP contribution in [0, 0.1) is 5.92 Å². The molecule has 162 valence electrons. The maximum Gasteiger partial charge on any atom is 0.321 e. The Morgan fingerprint density at radius 3 is 2.77 bits per heavy atom. The summed E-state index contributed by atoms with van der Waals surface area (Å²) in [6.07, 6.45) is 4.06. The molecule has 1 aliphatic carbocycles. The lowest BCUT2D eigenvalue weighted by molar-refractivity contribution is -0.148. The monoisotopic (exact) mass is 417 g/mol. The first-order valence-electron chi connectivity index (χ1n) is 10.2. The third-order valence-electron chi connectivity index (χ3n) is 5.39. The van der Waals surface area contributed by atoms with Gasteiger partial charge in [-0.2, -0.15) is 0 Å². The van der Waals surface area contributed by atoms with E-state index in [9.17, 15) is 19.2 Å². The molecule has 1 saturated carbocycles. The van der Waals surface area contributed by atoms with Gasteiger partial charge in [0.1, 0.15) is 5.75 Å². The van der Waals surface area contributed by atoms with E-state index in [2.05, 4.69) is 17.6 Å². The summed E-state index contributed by atoms with van der Waals surface area (Å²) in [5, 5.41) is 4.98. The molecular formula is C21H27N3O6. The number of fused-ring (bicyclic) bond motifs is 1. The molecule has 0 spiro atoms. The summed E-state index contributed by atoms with van der Waals surface area (Å²) in [4.78, 5) is 49.4. The molecule has 0 saturated heterocycles. The standard InChI is InChI=1S/C21H27N3O6/c1-14-6-2-3-7-15(14)22-21(28)23-18(25)12-30-20(27)10-11-24-16-8-4-5-9-17(16)29-13-19(24)26/h4-5,8-9,14-15H,2-3,6-7,10-13H2,1H3,(H2,22,23,25,28)/t14-,15-/m0/s1. The molecule has 30 heavy (non-hydrogen) atoms. The molecule has 0 unspecified atom stereocenters. The zero-order chi connectivity index (χ0) is 21.5. The predicted octanol–water partition coefficient (Wildman–Crippen LogP) is 1.75. The fourth-order valence-corrected chi connectivity index (χ4v) is 3.72. The van der Waals surface area contributed by atoms with Gasteiger partial charge in [0.25, 0.3) is 11.8 Å². The van der Waals surface area contributed by atoms with Gasteiger partial charge in [0.05, 0.1) is 12.1 Å². The normalized spacial score (nSPS) is 20.6. The van der Waals surface area contributed by atoms with E-state index in [4.69, 9.17) is 9.47 Å². The van der Waals surface area contributed by atoms with Crippen molar-refractivity contribution in [3.8, 4) is 5.75 Å². The van der Waals surface area contributed by atoms with Crippen LogP contribution in [0.1, 0.15) is 39.0 Å². The SMILES string of the molecule is C[C@H]1CCCC[C@@H]1NC(=O)NC(=O)COC(=O)CCN1C(=O)COc2ccccc21. The van der Waals surface area contributed by atoms with Gasteiger partial charge in [-0.15, -0.1) is 0 Å². The van der Waals surface area contributed by atoms with Crippen LogP contribution < -0.4 is 20.3 Å². The van der Waals surface area contributed by atoms with Crippen molar-refractivity contribution in [2.45, 2.75) is 45.1 Å². The van der Waals surface area contributed by atoms with E-state index >= 15 is 0 Å². The highest BCUT2D eigenvalue weighted by Gasteiger charge is 2.26. The average molecular weight is 417 g/mol. The maximum absolute atomic E-state index is 12.1. The first-order chi connectivity index (χ1) is 14.4. The molecule has 4 amide bonds. The zero-order valence-electron chi connectivity index (χ0n) is 17.0. The minimum Gasteiger partial charge on any atom is -0.482 e. The maximum atomic E-state index is 12.1. The number of anilines is 1. The number of hydrogen-bond acceptors (Lipinski definition) is 6.